The Bertz CT molecular complexity index is 705. The van der Waals surface area contributed by atoms with Gasteiger partial charge in [-0.1, -0.05) is 24.3 Å². The lowest BCUT2D eigenvalue weighted by Crippen LogP contribution is -2.03. The second kappa shape index (κ2) is 5.11. The molecule has 0 radical (unpaired) electrons. The molecule has 96 valence electrons. The van der Waals surface area contributed by atoms with E-state index in [-0.39, 0.29) is 0 Å². The summed E-state index contributed by atoms with van der Waals surface area (Å²) in [4.78, 5) is 4.60. The largest absolute Gasteiger partial charge is 0.388 e. The van der Waals surface area contributed by atoms with E-state index in [2.05, 4.69) is 16.4 Å². The van der Waals surface area contributed by atoms with Gasteiger partial charge in [-0.05, 0) is 40.9 Å². The van der Waals surface area contributed by atoms with Gasteiger partial charge >= 0.3 is 0 Å². The Kier molecular flexibility index (Phi) is 3.32. The summed E-state index contributed by atoms with van der Waals surface area (Å²) in [6, 6.07) is 12.1. The van der Waals surface area contributed by atoms with Gasteiger partial charge in [-0.25, -0.2) is 0 Å². The van der Waals surface area contributed by atoms with Crippen LogP contribution in [0.15, 0.2) is 47.2 Å². The van der Waals surface area contributed by atoms with Crippen LogP contribution in [0.25, 0.3) is 10.9 Å². The molecule has 3 aromatic rings. The summed E-state index contributed by atoms with van der Waals surface area (Å²) in [5.41, 5.74) is 4.07. The lowest BCUT2D eigenvalue weighted by Gasteiger charge is -2.10. The quantitative estimate of drug-likeness (QED) is 0.782. The van der Waals surface area contributed by atoms with Gasteiger partial charge < -0.3 is 5.11 Å². The number of hydrogen-bond donors (Lipinski definition) is 1. The van der Waals surface area contributed by atoms with E-state index in [0.717, 1.165) is 27.7 Å². The zero-order valence-electron chi connectivity index (χ0n) is 10.7. The topological polar surface area (TPSA) is 33.1 Å². The van der Waals surface area contributed by atoms with Crippen LogP contribution in [-0.4, -0.2) is 10.1 Å². The molecule has 2 aromatic heterocycles. The molecular formula is C16H15NOS. The third-order valence-electron chi connectivity index (χ3n) is 3.31. The summed E-state index contributed by atoms with van der Waals surface area (Å²) >= 11 is 1.63. The number of aromatic nitrogens is 1. The number of thiophene rings is 1. The first-order valence-corrected chi connectivity index (χ1v) is 7.24. The van der Waals surface area contributed by atoms with E-state index < -0.39 is 6.10 Å². The molecule has 19 heavy (non-hydrogen) atoms. The van der Waals surface area contributed by atoms with Gasteiger partial charge in [-0.2, -0.15) is 11.3 Å². The Morgan fingerprint density at radius 2 is 2.00 bits per heavy atom. The first-order valence-electron chi connectivity index (χ1n) is 6.29. The molecule has 1 atom stereocenters. The van der Waals surface area contributed by atoms with Crippen molar-refractivity contribution < 1.29 is 5.11 Å². The smallest absolute Gasteiger partial charge is 0.0856 e. The minimum Gasteiger partial charge on any atom is -0.388 e. The first-order chi connectivity index (χ1) is 9.24. The molecule has 0 bridgehead atoms. The molecule has 3 heteroatoms. The number of aliphatic hydroxyl groups excluding tert-OH is 1. The molecular weight excluding hydrogens is 254 g/mol. The average Bonchev–Trinajstić information content (AvgIpc) is 2.85. The Balaban J connectivity index is 1.87. The number of aryl methyl sites for hydroxylation is 1. The summed E-state index contributed by atoms with van der Waals surface area (Å²) in [6.07, 6.45) is 0.0856. The lowest BCUT2D eigenvalue weighted by atomic mass is 10.0. The summed E-state index contributed by atoms with van der Waals surface area (Å²) < 4.78 is 0. The zero-order valence-corrected chi connectivity index (χ0v) is 11.5. The van der Waals surface area contributed by atoms with Crippen LogP contribution in [0.4, 0.5) is 0 Å². The normalized spacial score (nSPS) is 12.7. The minimum atomic E-state index is -0.472. The molecule has 0 spiro atoms. The molecule has 0 aliphatic rings. The van der Waals surface area contributed by atoms with Crippen LogP contribution in [0, 0.1) is 6.92 Å². The van der Waals surface area contributed by atoms with Crippen LogP contribution in [0.3, 0.4) is 0 Å². The van der Waals surface area contributed by atoms with Crippen LogP contribution in [0.2, 0.25) is 0 Å². The maximum atomic E-state index is 10.3. The maximum absolute atomic E-state index is 10.3. The lowest BCUT2D eigenvalue weighted by molar-refractivity contribution is 0.177. The number of fused-ring (bicyclic) bond motifs is 1. The standard InChI is InChI=1S/C16H15NOS/c1-11-9-19-10-14(11)16(18)8-13-7-6-12-4-2-3-5-15(12)17-13/h2-7,9-10,16,18H,8H2,1H3. The van der Waals surface area contributed by atoms with Crippen molar-refractivity contribution in [2.75, 3.05) is 0 Å². The Hall–Kier alpha value is -1.71. The van der Waals surface area contributed by atoms with E-state index in [0.29, 0.717) is 6.42 Å². The molecule has 0 amide bonds. The van der Waals surface area contributed by atoms with Gasteiger partial charge in [0, 0.05) is 17.5 Å². The molecule has 1 N–H and O–H groups in total. The molecule has 2 nitrogen and oxygen atoms in total. The van der Waals surface area contributed by atoms with Crippen LogP contribution in [0.5, 0.6) is 0 Å². The van der Waals surface area contributed by atoms with Gasteiger partial charge in [-0.15, -0.1) is 0 Å². The van der Waals surface area contributed by atoms with E-state index in [1.807, 2.05) is 42.6 Å². The van der Waals surface area contributed by atoms with Crippen molar-refractivity contribution in [1.82, 2.24) is 4.98 Å². The van der Waals surface area contributed by atoms with Crippen molar-refractivity contribution in [1.29, 1.82) is 0 Å². The Morgan fingerprint density at radius 1 is 1.16 bits per heavy atom. The highest BCUT2D eigenvalue weighted by Crippen LogP contribution is 2.24. The molecule has 0 aliphatic heterocycles. The van der Waals surface area contributed by atoms with Crippen LogP contribution < -0.4 is 0 Å². The third-order valence-corrected chi connectivity index (χ3v) is 4.19. The molecule has 0 saturated heterocycles. The number of nitrogens with zero attached hydrogens (tertiary/aromatic N) is 1. The van der Waals surface area contributed by atoms with Crippen LogP contribution in [-0.2, 0) is 6.42 Å². The molecule has 0 fully saturated rings. The van der Waals surface area contributed by atoms with Crippen molar-refractivity contribution in [3.63, 3.8) is 0 Å². The fraction of sp³-hybridized carbons (Fsp3) is 0.188. The monoisotopic (exact) mass is 269 g/mol. The second-order valence-electron chi connectivity index (χ2n) is 4.73. The van der Waals surface area contributed by atoms with Gasteiger partial charge in [-0.3, -0.25) is 4.98 Å². The molecule has 0 saturated carbocycles. The van der Waals surface area contributed by atoms with Gasteiger partial charge in [0.25, 0.3) is 0 Å². The molecule has 1 unspecified atom stereocenters. The van der Waals surface area contributed by atoms with E-state index >= 15 is 0 Å². The van der Waals surface area contributed by atoms with Crippen molar-refractivity contribution in [3.05, 3.63) is 64.0 Å². The van der Waals surface area contributed by atoms with E-state index in [1.165, 1.54) is 0 Å². The highest BCUT2D eigenvalue weighted by atomic mass is 32.1. The van der Waals surface area contributed by atoms with Gasteiger partial charge in [0.2, 0.25) is 0 Å². The number of pyridine rings is 1. The molecule has 3 rings (SSSR count). The second-order valence-corrected chi connectivity index (χ2v) is 5.47. The number of para-hydroxylation sites is 1. The predicted molar refractivity (Wildman–Crippen MR) is 79.5 cm³/mol. The SMILES string of the molecule is Cc1cscc1C(O)Cc1ccc2ccccc2n1. The van der Waals surface area contributed by atoms with Gasteiger partial charge in [0.05, 0.1) is 11.6 Å². The number of hydrogen-bond acceptors (Lipinski definition) is 3. The number of rotatable bonds is 3. The highest BCUT2D eigenvalue weighted by Gasteiger charge is 2.12. The van der Waals surface area contributed by atoms with E-state index in [9.17, 15) is 5.11 Å². The Labute approximate surface area is 116 Å². The maximum Gasteiger partial charge on any atom is 0.0856 e. The van der Waals surface area contributed by atoms with Gasteiger partial charge in [0.1, 0.15) is 0 Å². The fourth-order valence-electron chi connectivity index (χ4n) is 2.24. The number of aliphatic hydroxyl groups is 1. The predicted octanol–water partition coefficient (Wildman–Crippen LogP) is 3.88. The van der Waals surface area contributed by atoms with Crippen molar-refractivity contribution in [2.24, 2.45) is 0 Å². The minimum absolute atomic E-state index is 0.472. The average molecular weight is 269 g/mol. The summed E-state index contributed by atoms with van der Waals surface area (Å²) in [5.74, 6) is 0. The van der Waals surface area contributed by atoms with Crippen molar-refractivity contribution in [3.8, 4) is 0 Å². The third kappa shape index (κ3) is 2.53. The van der Waals surface area contributed by atoms with E-state index in [4.69, 9.17) is 0 Å². The van der Waals surface area contributed by atoms with Gasteiger partial charge in [0.15, 0.2) is 0 Å². The summed E-state index contributed by atoms with van der Waals surface area (Å²) in [5, 5.41) is 15.5. The molecule has 0 aliphatic carbocycles. The van der Waals surface area contributed by atoms with Crippen molar-refractivity contribution in [2.45, 2.75) is 19.4 Å². The summed E-state index contributed by atoms with van der Waals surface area (Å²) in [7, 11) is 0. The molecule has 2 heterocycles. The zero-order chi connectivity index (χ0) is 13.2. The van der Waals surface area contributed by atoms with Crippen molar-refractivity contribution >= 4 is 22.2 Å². The van der Waals surface area contributed by atoms with Crippen LogP contribution >= 0.6 is 11.3 Å². The Morgan fingerprint density at radius 3 is 2.79 bits per heavy atom. The first kappa shape index (κ1) is 12.3. The highest BCUT2D eigenvalue weighted by molar-refractivity contribution is 7.08. The molecule has 1 aromatic carbocycles. The number of benzene rings is 1. The fourth-order valence-corrected chi connectivity index (χ4v) is 3.14. The van der Waals surface area contributed by atoms with Crippen LogP contribution in [0.1, 0.15) is 22.9 Å². The van der Waals surface area contributed by atoms with E-state index in [1.54, 1.807) is 11.3 Å². The summed E-state index contributed by atoms with van der Waals surface area (Å²) in [6.45, 7) is 2.03.